The maximum absolute atomic E-state index is 10.5. The van der Waals surface area contributed by atoms with Crippen LogP contribution < -0.4 is 5.32 Å². The number of amides is 1. The highest BCUT2D eigenvalue weighted by Gasteiger charge is 2.30. The first-order chi connectivity index (χ1) is 4.84. The second-order valence-electron chi connectivity index (χ2n) is 3.12. The first-order valence-corrected chi connectivity index (χ1v) is 3.78. The van der Waals surface area contributed by atoms with E-state index in [0.29, 0.717) is 12.6 Å². The summed E-state index contributed by atoms with van der Waals surface area (Å²) in [4.78, 5) is 10.5. The lowest BCUT2D eigenvalue weighted by Crippen LogP contribution is -2.26. The normalized spacial score (nSPS) is 31.6. The van der Waals surface area contributed by atoms with E-state index in [0.717, 1.165) is 12.3 Å². The third-order valence-corrected chi connectivity index (χ3v) is 2.05. The molecular weight excluding hydrogens is 130 g/mol. The van der Waals surface area contributed by atoms with Gasteiger partial charge in [-0.1, -0.05) is 12.8 Å². The van der Waals surface area contributed by atoms with Crippen LogP contribution in [0.5, 0.6) is 0 Å². The fraction of sp³-hybridized carbons (Fsp3) is 0.857. The third kappa shape index (κ3) is 1.23. The Labute approximate surface area is 59.7 Å². The molecule has 1 atom stereocenters. The number of rotatable bonds is 2. The fourth-order valence-electron chi connectivity index (χ4n) is 1.31. The number of hydrogen-bond donors (Lipinski definition) is 1. The number of nitrogens with one attached hydrogen (secondary N) is 1. The van der Waals surface area contributed by atoms with Crippen molar-refractivity contribution in [1.29, 1.82) is 0 Å². The maximum atomic E-state index is 10.5. The molecule has 0 aromatic carbocycles. The molecule has 1 amide bonds. The van der Waals surface area contributed by atoms with E-state index in [-0.39, 0.29) is 6.09 Å². The van der Waals surface area contributed by atoms with E-state index >= 15 is 0 Å². The van der Waals surface area contributed by atoms with Crippen LogP contribution in [0, 0.1) is 5.92 Å². The molecule has 1 saturated carbocycles. The number of carbonyl (C=O) groups is 1. The highest BCUT2D eigenvalue weighted by molar-refractivity contribution is 5.69. The van der Waals surface area contributed by atoms with Crippen LogP contribution in [-0.4, -0.2) is 18.7 Å². The van der Waals surface area contributed by atoms with Gasteiger partial charge in [0.1, 0.15) is 6.61 Å². The smallest absolute Gasteiger partial charge is 0.407 e. The van der Waals surface area contributed by atoms with Gasteiger partial charge in [0.15, 0.2) is 0 Å². The van der Waals surface area contributed by atoms with Crippen molar-refractivity contribution in [3.8, 4) is 0 Å². The third-order valence-electron chi connectivity index (χ3n) is 2.05. The number of carbonyl (C=O) groups excluding carboxylic acids is 1. The summed E-state index contributed by atoms with van der Waals surface area (Å²) < 4.78 is 4.74. The minimum absolute atomic E-state index is 0.245. The van der Waals surface area contributed by atoms with Gasteiger partial charge in [-0.3, -0.25) is 0 Å². The zero-order valence-electron chi connectivity index (χ0n) is 5.80. The zero-order chi connectivity index (χ0) is 6.97. The molecular formula is C7H11NO2. The second-order valence-corrected chi connectivity index (χ2v) is 3.12. The predicted octanol–water partition coefficient (Wildman–Crippen LogP) is 0.895. The van der Waals surface area contributed by atoms with Crippen LogP contribution in [-0.2, 0) is 4.74 Å². The zero-order valence-corrected chi connectivity index (χ0v) is 5.80. The van der Waals surface area contributed by atoms with Crippen LogP contribution in [0.4, 0.5) is 4.79 Å². The Morgan fingerprint density at radius 1 is 1.60 bits per heavy atom. The van der Waals surface area contributed by atoms with Crippen LogP contribution in [0.25, 0.3) is 0 Å². The van der Waals surface area contributed by atoms with Crippen LogP contribution in [0.3, 0.4) is 0 Å². The maximum Gasteiger partial charge on any atom is 0.407 e. The van der Waals surface area contributed by atoms with Gasteiger partial charge < -0.3 is 10.1 Å². The highest BCUT2D eigenvalue weighted by Crippen LogP contribution is 2.33. The lowest BCUT2D eigenvalue weighted by molar-refractivity contribution is 0.176. The van der Waals surface area contributed by atoms with Crippen LogP contribution in [0.2, 0.25) is 0 Å². The van der Waals surface area contributed by atoms with Crippen molar-refractivity contribution < 1.29 is 9.53 Å². The SMILES string of the molecule is O=C1N[C@@H](CC2CC2)CO1. The quantitative estimate of drug-likeness (QED) is 0.620. The summed E-state index contributed by atoms with van der Waals surface area (Å²) in [6, 6.07) is 0.306. The molecule has 56 valence electrons. The van der Waals surface area contributed by atoms with Gasteiger partial charge >= 0.3 is 6.09 Å². The molecule has 0 spiro atoms. The Bertz CT molecular complexity index is 154. The van der Waals surface area contributed by atoms with Crippen LogP contribution >= 0.6 is 0 Å². The van der Waals surface area contributed by atoms with Crippen molar-refractivity contribution in [1.82, 2.24) is 5.32 Å². The topological polar surface area (TPSA) is 38.3 Å². The molecule has 3 heteroatoms. The van der Waals surface area contributed by atoms with Gasteiger partial charge in [-0.15, -0.1) is 0 Å². The van der Waals surface area contributed by atoms with Gasteiger partial charge in [-0.2, -0.15) is 0 Å². The molecule has 0 bridgehead atoms. The van der Waals surface area contributed by atoms with E-state index in [4.69, 9.17) is 4.74 Å². The molecule has 1 aliphatic carbocycles. The van der Waals surface area contributed by atoms with E-state index < -0.39 is 0 Å². The largest absolute Gasteiger partial charge is 0.447 e. The number of cyclic esters (lactones) is 1. The van der Waals surface area contributed by atoms with Crippen molar-refractivity contribution in [2.75, 3.05) is 6.61 Å². The van der Waals surface area contributed by atoms with Crippen LogP contribution in [0.1, 0.15) is 19.3 Å². The molecule has 1 N–H and O–H groups in total. The Hall–Kier alpha value is -0.730. The molecule has 0 aromatic heterocycles. The minimum Gasteiger partial charge on any atom is -0.447 e. The molecule has 1 heterocycles. The van der Waals surface area contributed by atoms with E-state index in [1.807, 2.05) is 0 Å². The summed E-state index contributed by atoms with van der Waals surface area (Å²) in [7, 11) is 0. The van der Waals surface area contributed by atoms with Crippen LogP contribution in [0.15, 0.2) is 0 Å². The molecule has 1 saturated heterocycles. The van der Waals surface area contributed by atoms with E-state index in [9.17, 15) is 4.79 Å². The van der Waals surface area contributed by atoms with E-state index in [1.165, 1.54) is 12.8 Å². The molecule has 1 aliphatic heterocycles. The average molecular weight is 141 g/mol. The highest BCUT2D eigenvalue weighted by atomic mass is 16.6. The standard InChI is InChI=1S/C7H11NO2/c9-7-8-6(4-10-7)3-5-1-2-5/h5-6H,1-4H2,(H,8,9)/t6-/m0/s1. The van der Waals surface area contributed by atoms with Gasteiger partial charge in [-0.05, 0) is 12.3 Å². The fourth-order valence-corrected chi connectivity index (χ4v) is 1.31. The Balaban J connectivity index is 1.77. The molecule has 2 rings (SSSR count). The Morgan fingerprint density at radius 3 is 2.90 bits per heavy atom. The van der Waals surface area contributed by atoms with E-state index in [1.54, 1.807) is 0 Å². The van der Waals surface area contributed by atoms with Crippen molar-refractivity contribution in [3.05, 3.63) is 0 Å². The number of alkyl carbamates (subject to hydrolysis) is 1. The summed E-state index contributed by atoms with van der Waals surface area (Å²) in [5.41, 5.74) is 0. The Kier molecular flexibility index (Phi) is 1.29. The van der Waals surface area contributed by atoms with Gasteiger partial charge in [0.2, 0.25) is 0 Å². The lowest BCUT2D eigenvalue weighted by Gasteiger charge is -2.03. The van der Waals surface area contributed by atoms with Crippen molar-refractivity contribution >= 4 is 6.09 Å². The lowest BCUT2D eigenvalue weighted by atomic mass is 10.1. The van der Waals surface area contributed by atoms with Crippen molar-refractivity contribution in [2.24, 2.45) is 5.92 Å². The van der Waals surface area contributed by atoms with Gasteiger partial charge in [0.05, 0.1) is 6.04 Å². The first kappa shape index (κ1) is 6.01. The summed E-state index contributed by atoms with van der Waals surface area (Å²) in [5.74, 6) is 0.868. The molecule has 2 aliphatic rings. The summed E-state index contributed by atoms with van der Waals surface area (Å²) in [6.45, 7) is 0.579. The molecule has 10 heavy (non-hydrogen) atoms. The van der Waals surface area contributed by atoms with Gasteiger partial charge in [-0.25, -0.2) is 4.79 Å². The Morgan fingerprint density at radius 2 is 2.40 bits per heavy atom. The summed E-state index contributed by atoms with van der Waals surface area (Å²) >= 11 is 0. The minimum atomic E-state index is -0.245. The second kappa shape index (κ2) is 2.15. The number of ether oxygens (including phenoxy) is 1. The monoisotopic (exact) mass is 141 g/mol. The van der Waals surface area contributed by atoms with Gasteiger partial charge in [0.25, 0.3) is 0 Å². The van der Waals surface area contributed by atoms with Crippen molar-refractivity contribution in [2.45, 2.75) is 25.3 Å². The molecule has 2 fully saturated rings. The van der Waals surface area contributed by atoms with E-state index in [2.05, 4.69) is 5.32 Å². The van der Waals surface area contributed by atoms with Crippen molar-refractivity contribution in [3.63, 3.8) is 0 Å². The average Bonchev–Trinajstić information content (AvgIpc) is 2.59. The predicted molar refractivity (Wildman–Crippen MR) is 35.6 cm³/mol. The summed E-state index contributed by atoms with van der Waals surface area (Å²) in [5, 5.41) is 2.76. The molecule has 0 aromatic rings. The molecule has 3 nitrogen and oxygen atoms in total. The molecule has 0 radical (unpaired) electrons. The first-order valence-electron chi connectivity index (χ1n) is 3.78. The van der Waals surface area contributed by atoms with Gasteiger partial charge in [0, 0.05) is 0 Å². The summed E-state index contributed by atoms with van der Waals surface area (Å²) in [6.07, 6.45) is 3.55. The number of hydrogen-bond acceptors (Lipinski definition) is 2. The molecule has 0 unspecified atom stereocenters.